The lowest BCUT2D eigenvalue weighted by molar-refractivity contribution is 0.131. The van der Waals surface area contributed by atoms with Crippen molar-refractivity contribution in [2.45, 2.75) is 45.1 Å². The third kappa shape index (κ3) is 4.20. The number of ether oxygens (including phenoxy) is 1. The minimum atomic E-state index is -3.63. The molecule has 120 valence electrons. The molecule has 0 fully saturated rings. The Morgan fingerprint density at radius 2 is 1.73 bits per heavy atom. The maximum atomic E-state index is 12.3. The molecule has 0 radical (unpaired) electrons. The van der Waals surface area contributed by atoms with Crippen molar-refractivity contribution in [3.8, 4) is 5.75 Å². The van der Waals surface area contributed by atoms with Crippen LogP contribution in [-0.4, -0.2) is 19.0 Å². The molecule has 0 spiro atoms. The second-order valence-corrected chi connectivity index (χ2v) is 8.84. The molecular weight excluding hydrogens is 320 g/mol. The van der Waals surface area contributed by atoms with Gasteiger partial charge in [-0.15, -0.1) is 11.3 Å². The van der Waals surface area contributed by atoms with Crippen molar-refractivity contribution in [2.24, 2.45) is 0 Å². The van der Waals surface area contributed by atoms with E-state index in [4.69, 9.17) is 4.74 Å². The third-order valence-corrected chi connectivity index (χ3v) is 5.28. The molecule has 1 N–H and O–H groups in total. The highest BCUT2D eigenvalue weighted by molar-refractivity contribution is 7.93. The number of hydrogen-bond donors (Lipinski definition) is 1. The molecule has 5 nitrogen and oxygen atoms in total. The third-order valence-electron chi connectivity index (χ3n) is 2.81. The van der Waals surface area contributed by atoms with Crippen LogP contribution in [0, 0.1) is 13.8 Å². The Hall–Kier alpha value is -1.60. The highest BCUT2D eigenvalue weighted by atomic mass is 32.2. The van der Waals surface area contributed by atoms with Crippen LogP contribution in [0.25, 0.3) is 0 Å². The van der Waals surface area contributed by atoms with Gasteiger partial charge in [0.05, 0.1) is 10.6 Å². The standard InChI is InChI=1S/C15H20N2O3S2/c1-10-11(2)21-14(16-10)17-22(18,19)13-8-6-12(7-9-13)20-15(3,4)5/h6-9H,1-5H3,(H,16,17). The first-order chi connectivity index (χ1) is 10.1. The molecule has 1 aromatic heterocycles. The molecule has 0 unspecified atom stereocenters. The first-order valence-corrected chi connectivity index (χ1v) is 9.13. The van der Waals surface area contributed by atoms with Crippen LogP contribution in [-0.2, 0) is 10.0 Å². The van der Waals surface area contributed by atoms with Gasteiger partial charge >= 0.3 is 0 Å². The largest absolute Gasteiger partial charge is 0.488 e. The van der Waals surface area contributed by atoms with Gasteiger partial charge in [-0.1, -0.05) is 0 Å². The molecule has 22 heavy (non-hydrogen) atoms. The van der Waals surface area contributed by atoms with Crippen molar-refractivity contribution in [1.29, 1.82) is 0 Å². The fourth-order valence-electron chi connectivity index (χ4n) is 1.73. The van der Waals surface area contributed by atoms with Gasteiger partial charge in [-0.05, 0) is 58.9 Å². The number of thiazole rings is 1. The zero-order valence-electron chi connectivity index (χ0n) is 13.3. The molecular formula is C15H20N2O3S2. The van der Waals surface area contributed by atoms with Crippen molar-refractivity contribution < 1.29 is 13.2 Å². The van der Waals surface area contributed by atoms with E-state index in [-0.39, 0.29) is 10.5 Å². The van der Waals surface area contributed by atoms with E-state index in [0.29, 0.717) is 10.9 Å². The summed E-state index contributed by atoms with van der Waals surface area (Å²) in [5.41, 5.74) is 0.505. The van der Waals surface area contributed by atoms with Gasteiger partial charge in [0.1, 0.15) is 11.4 Å². The van der Waals surface area contributed by atoms with Crippen LogP contribution in [0.15, 0.2) is 29.2 Å². The second-order valence-electron chi connectivity index (χ2n) is 5.95. The minimum absolute atomic E-state index is 0.180. The lowest BCUT2D eigenvalue weighted by atomic mass is 10.2. The SMILES string of the molecule is Cc1nc(NS(=O)(=O)c2ccc(OC(C)(C)C)cc2)sc1C. The van der Waals surface area contributed by atoms with E-state index >= 15 is 0 Å². The Labute approximate surface area is 135 Å². The highest BCUT2D eigenvalue weighted by Gasteiger charge is 2.18. The zero-order valence-corrected chi connectivity index (χ0v) is 14.9. The smallest absolute Gasteiger partial charge is 0.263 e. The monoisotopic (exact) mass is 340 g/mol. The van der Waals surface area contributed by atoms with Gasteiger partial charge in [0, 0.05) is 4.88 Å². The molecule has 0 saturated carbocycles. The number of rotatable bonds is 4. The lowest BCUT2D eigenvalue weighted by Crippen LogP contribution is -2.23. The molecule has 2 aromatic rings. The fourth-order valence-corrected chi connectivity index (χ4v) is 3.78. The van der Waals surface area contributed by atoms with Gasteiger partial charge in [0.15, 0.2) is 5.13 Å². The van der Waals surface area contributed by atoms with E-state index in [1.807, 2.05) is 34.6 Å². The van der Waals surface area contributed by atoms with Crippen LogP contribution >= 0.6 is 11.3 Å². The van der Waals surface area contributed by atoms with Crippen LogP contribution in [0.2, 0.25) is 0 Å². The molecule has 7 heteroatoms. The van der Waals surface area contributed by atoms with Crippen LogP contribution in [0.1, 0.15) is 31.3 Å². The summed E-state index contributed by atoms with van der Waals surface area (Å²) in [6.45, 7) is 9.57. The van der Waals surface area contributed by atoms with Crippen LogP contribution in [0.3, 0.4) is 0 Å². The Morgan fingerprint density at radius 3 is 2.18 bits per heavy atom. The Bertz CT molecular complexity index is 738. The molecule has 0 atom stereocenters. The Balaban J connectivity index is 2.19. The van der Waals surface area contributed by atoms with E-state index < -0.39 is 10.0 Å². The number of sulfonamides is 1. The van der Waals surface area contributed by atoms with E-state index in [1.165, 1.54) is 23.5 Å². The first kappa shape index (κ1) is 16.8. The Morgan fingerprint density at radius 1 is 1.14 bits per heavy atom. The first-order valence-electron chi connectivity index (χ1n) is 6.83. The maximum Gasteiger partial charge on any atom is 0.263 e. The van der Waals surface area contributed by atoms with E-state index in [0.717, 1.165) is 10.6 Å². The van der Waals surface area contributed by atoms with Crippen LogP contribution in [0.5, 0.6) is 5.75 Å². The second kappa shape index (κ2) is 5.89. The van der Waals surface area contributed by atoms with E-state index in [9.17, 15) is 8.42 Å². The number of aryl methyl sites for hydroxylation is 2. The number of aromatic nitrogens is 1. The average Bonchev–Trinajstić information content (AvgIpc) is 2.66. The van der Waals surface area contributed by atoms with Gasteiger partial charge in [0.25, 0.3) is 10.0 Å². The van der Waals surface area contributed by atoms with Crippen molar-refractivity contribution in [2.75, 3.05) is 4.72 Å². The van der Waals surface area contributed by atoms with Crippen molar-refractivity contribution in [1.82, 2.24) is 4.98 Å². The zero-order chi connectivity index (χ0) is 16.5. The molecule has 0 bridgehead atoms. The number of hydrogen-bond acceptors (Lipinski definition) is 5. The summed E-state index contributed by atoms with van der Waals surface area (Å²) < 4.78 is 32.9. The minimum Gasteiger partial charge on any atom is -0.488 e. The number of nitrogens with zero attached hydrogens (tertiary/aromatic N) is 1. The quantitative estimate of drug-likeness (QED) is 0.920. The molecule has 1 heterocycles. The predicted molar refractivity (Wildman–Crippen MR) is 89.2 cm³/mol. The van der Waals surface area contributed by atoms with Crippen LogP contribution < -0.4 is 9.46 Å². The summed E-state index contributed by atoms with van der Waals surface area (Å²) in [4.78, 5) is 5.36. The van der Waals surface area contributed by atoms with Gasteiger partial charge in [-0.25, -0.2) is 13.4 Å². The lowest BCUT2D eigenvalue weighted by Gasteiger charge is -2.21. The van der Waals surface area contributed by atoms with E-state index in [2.05, 4.69) is 9.71 Å². The summed E-state index contributed by atoms with van der Waals surface area (Å²) in [6.07, 6.45) is 0. The molecule has 0 saturated heterocycles. The highest BCUT2D eigenvalue weighted by Crippen LogP contribution is 2.25. The number of anilines is 1. The van der Waals surface area contributed by atoms with Gasteiger partial charge in [-0.3, -0.25) is 4.72 Å². The maximum absolute atomic E-state index is 12.3. The van der Waals surface area contributed by atoms with Crippen molar-refractivity contribution in [3.05, 3.63) is 34.8 Å². The van der Waals surface area contributed by atoms with Crippen molar-refractivity contribution in [3.63, 3.8) is 0 Å². The van der Waals surface area contributed by atoms with Crippen LogP contribution in [0.4, 0.5) is 5.13 Å². The van der Waals surface area contributed by atoms with E-state index in [1.54, 1.807) is 12.1 Å². The number of nitrogens with one attached hydrogen (secondary N) is 1. The topological polar surface area (TPSA) is 68.3 Å². The average molecular weight is 340 g/mol. The van der Waals surface area contributed by atoms with Gasteiger partial charge < -0.3 is 4.74 Å². The Kier molecular flexibility index (Phi) is 4.49. The summed E-state index contributed by atoms with van der Waals surface area (Å²) in [6, 6.07) is 6.35. The summed E-state index contributed by atoms with van der Waals surface area (Å²) in [7, 11) is -3.63. The normalized spacial score (nSPS) is 12.2. The number of benzene rings is 1. The summed E-state index contributed by atoms with van der Waals surface area (Å²) in [5.74, 6) is 0.632. The molecule has 0 aliphatic heterocycles. The molecule has 0 aliphatic carbocycles. The summed E-state index contributed by atoms with van der Waals surface area (Å²) >= 11 is 1.32. The molecule has 2 rings (SSSR count). The van der Waals surface area contributed by atoms with Gasteiger partial charge in [0.2, 0.25) is 0 Å². The molecule has 0 amide bonds. The predicted octanol–water partition coefficient (Wildman–Crippen LogP) is 3.74. The molecule has 1 aromatic carbocycles. The molecule has 0 aliphatic rings. The fraction of sp³-hybridized carbons (Fsp3) is 0.400. The summed E-state index contributed by atoms with van der Waals surface area (Å²) in [5, 5.41) is 0.380. The van der Waals surface area contributed by atoms with Crippen molar-refractivity contribution >= 4 is 26.5 Å². The van der Waals surface area contributed by atoms with Gasteiger partial charge in [-0.2, -0.15) is 0 Å².